The van der Waals surface area contributed by atoms with Gasteiger partial charge in [-0.25, -0.2) is 0 Å². The molecule has 1 N–H and O–H groups in total. The Hall–Kier alpha value is -1.02. The van der Waals surface area contributed by atoms with Crippen LogP contribution in [-0.4, -0.2) is 17.3 Å². The summed E-state index contributed by atoms with van der Waals surface area (Å²) in [5.74, 6) is 0.942. The van der Waals surface area contributed by atoms with Crippen molar-refractivity contribution in [1.29, 1.82) is 0 Å². The van der Waals surface area contributed by atoms with Gasteiger partial charge in [0.2, 0.25) is 0 Å². The SMILES string of the molecule is CC(C)(C)CCCC(O)C1Cc2ccccc2O1. The molecule has 0 aromatic heterocycles. The zero-order valence-electron chi connectivity index (χ0n) is 11.6. The fourth-order valence-corrected chi connectivity index (χ4v) is 2.45. The lowest BCUT2D eigenvalue weighted by molar-refractivity contribution is 0.0407. The Morgan fingerprint density at radius 2 is 2.06 bits per heavy atom. The lowest BCUT2D eigenvalue weighted by Gasteiger charge is -2.21. The maximum atomic E-state index is 10.2. The van der Waals surface area contributed by atoms with E-state index >= 15 is 0 Å². The Bertz CT molecular complexity index is 367. The summed E-state index contributed by atoms with van der Waals surface area (Å²) in [7, 11) is 0. The van der Waals surface area contributed by atoms with Gasteiger partial charge >= 0.3 is 0 Å². The number of para-hydroxylation sites is 1. The summed E-state index contributed by atoms with van der Waals surface area (Å²) in [5.41, 5.74) is 1.57. The van der Waals surface area contributed by atoms with E-state index in [9.17, 15) is 5.11 Å². The highest BCUT2D eigenvalue weighted by Gasteiger charge is 2.28. The highest BCUT2D eigenvalue weighted by atomic mass is 16.5. The summed E-state index contributed by atoms with van der Waals surface area (Å²) in [6.07, 6.45) is 3.47. The molecule has 2 unspecified atom stereocenters. The van der Waals surface area contributed by atoms with Crippen LogP contribution in [0.1, 0.15) is 45.6 Å². The summed E-state index contributed by atoms with van der Waals surface area (Å²) >= 11 is 0. The molecule has 2 nitrogen and oxygen atoms in total. The smallest absolute Gasteiger partial charge is 0.129 e. The van der Waals surface area contributed by atoms with E-state index in [-0.39, 0.29) is 12.2 Å². The molecule has 1 aliphatic heterocycles. The summed E-state index contributed by atoms with van der Waals surface area (Å²) in [5, 5.41) is 10.2. The van der Waals surface area contributed by atoms with Crippen molar-refractivity contribution in [2.75, 3.05) is 0 Å². The molecule has 0 bridgehead atoms. The molecule has 1 aromatic carbocycles. The highest BCUT2D eigenvalue weighted by molar-refractivity contribution is 5.37. The van der Waals surface area contributed by atoms with Crippen molar-refractivity contribution in [2.45, 2.75) is 58.7 Å². The molecule has 0 amide bonds. The standard InChI is InChI=1S/C16H24O2/c1-16(2,3)10-6-8-13(17)15-11-12-7-4-5-9-14(12)18-15/h4-5,7,9,13,15,17H,6,8,10-11H2,1-3H3. The molecular weight excluding hydrogens is 224 g/mol. The third-order valence-corrected chi connectivity index (χ3v) is 3.53. The number of fused-ring (bicyclic) bond motifs is 1. The van der Waals surface area contributed by atoms with E-state index in [1.807, 2.05) is 18.2 Å². The summed E-state index contributed by atoms with van der Waals surface area (Å²) in [4.78, 5) is 0. The minimum atomic E-state index is -0.347. The number of aliphatic hydroxyl groups excluding tert-OH is 1. The largest absolute Gasteiger partial charge is 0.487 e. The third kappa shape index (κ3) is 3.49. The van der Waals surface area contributed by atoms with E-state index in [2.05, 4.69) is 26.8 Å². The predicted octanol–water partition coefficient (Wildman–Crippen LogP) is 3.57. The molecule has 0 aliphatic carbocycles. The second-order valence-corrected chi connectivity index (χ2v) is 6.49. The van der Waals surface area contributed by atoms with Crippen molar-refractivity contribution in [3.63, 3.8) is 0 Å². The van der Waals surface area contributed by atoms with Gasteiger partial charge in [-0.3, -0.25) is 0 Å². The van der Waals surface area contributed by atoms with Gasteiger partial charge < -0.3 is 9.84 Å². The number of hydrogen-bond donors (Lipinski definition) is 1. The minimum absolute atomic E-state index is 0.0534. The number of hydrogen-bond acceptors (Lipinski definition) is 2. The number of rotatable bonds is 4. The van der Waals surface area contributed by atoms with Gasteiger partial charge in [0.05, 0.1) is 6.10 Å². The first-order valence-corrected chi connectivity index (χ1v) is 6.88. The summed E-state index contributed by atoms with van der Waals surface area (Å²) in [6.45, 7) is 6.71. The zero-order valence-corrected chi connectivity index (χ0v) is 11.6. The topological polar surface area (TPSA) is 29.5 Å². The molecule has 0 radical (unpaired) electrons. The lowest BCUT2D eigenvalue weighted by atomic mass is 9.88. The summed E-state index contributed by atoms with van der Waals surface area (Å²) in [6, 6.07) is 8.07. The van der Waals surface area contributed by atoms with E-state index in [1.165, 1.54) is 5.56 Å². The van der Waals surface area contributed by atoms with Crippen molar-refractivity contribution in [2.24, 2.45) is 5.41 Å². The lowest BCUT2D eigenvalue weighted by Crippen LogP contribution is -2.30. The Balaban J connectivity index is 1.81. The Morgan fingerprint density at radius 1 is 1.33 bits per heavy atom. The predicted molar refractivity (Wildman–Crippen MR) is 73.9 cm³/mol. The fourth-order valence-electron chi connectivity index (χ4n) is 2.45. The Kier molecular flexibility index (Phi) is 3.96. The maximum Gasteiger partial charge on any atom is 0.129 e. The Morgan fingerprint density at radius 3 is 2.72 bits per heavy atom. The van der Waals surface area contributed by atoms with E-state index in [1.54, 1.807) is 0 Å². The molecule has 1 heterocycles. The molecule has 1 aromatic rings. The molecule has 1 aliphatic rings. The van der Waals surface area contributed by atoms with Crippen LogP contribution in [0.4, 0.5) is 0 Å². The van der Waals surface area contributed by atoms with Gasteiger partial charge in [0.25, 0.3) is 0 Å². The molecule has 2 atom stereocenters. The van der Waals surface area contributed by atoms with Gasteiger partial charge in [-0.05, 0) is 29.9 Å². The van der Waals surface area contributed by atoms with Crippen molar-refractivity contribution >= 4 is 0 Å². The van der Waals surface area contributed by atoms with Crippen LogP contribution in [0.5, 0.6) is 5.75 Å². The van der Waals surface area contributed by atoms with Crippen LogP contribution in [0.2, 0.25) is 0 Å². The number of ether oxygens (including phenoxy) is 1. The first-order valence-electron chi connectivity index (χ1n) is 6.88. The molecule has 2 rings (SSSR count). The highest BCUT2D eigenvalue weighted by Crippen LogP contribution is 2.31. The van der Waals surface area contributed by atoms with Crippen molar-refractivity contribution in [3.8, 4) is 5.75 Å². The van der Waals surface area contributed by atoms with Gasteiger partial charge in [0, 0.05) is 6.42 Å². The monoisotopic (exact) mass is 248 g/mol. The molecule has 2 heteroatoms. The normalized spacial score (nSPS) is 20.3. The second kappa shape index (κ2) is 5.31. The first kappa shape index (κ1) is 13.4. The van der Waals surface area contributed by atoms with Crippen LogP contribution in [-0.2, 0) is 6.42 Å². The van der Waals surface area contributed by atoms with Crippen LogP contribution in [0, 0.1) is 5.41 Å². The molecule has 0 fully saturated rings. The van der Waals surface area contributed by atoms with Crippen molar-refractivity contribution in [1.82, 2.24) is 0 Å². The van der Waals surface area contributed by atoms with Crippen molar-refractivity contribution in [3.05, 3.63) is 29.8 Å². The molecule has 0 spiro atoms. The quantitative estimate of drug-likeness (QED) is 0.882. The van der Waals surface area contributed by atoms with Gasteiger partial charge in [0.15, 0.2) is 0 Å². The number of benzene rings is 1. The third-order valence-electron chi connectivity index (χ3n) is 3.53. The van der Waals surface area contributed by atoms with Crippen LogP contribution >= 0.6 is 0 Å². The first-order chi connectivity index (χ1) is 8.46. The van der Waals surface area contributed by atoms with E-state index in [0.29, 0.717) is 5.41 Å². The molecule has 18 heavy (non-hydrogen) atoms. The van der Waals surface area contributed by atoms with Crippen molar-refractivity contribution < 1.29 is 9.84 Å². The van der Waals surface area contributed by atoms with Gasteiger partial charge in [-0.15, -0.1) is 0 Å². The Labute approximate surface area is 110 Å². The number of aliphatic hydroxyl groups is 1. The molecule has 100 valence electrons. The van der Waals surface area contributed by atoms with Gasteiger partial charge in [0.1, 0.15) is 11.9 Å². The van der Waals surface area contributed by atoms with Crippen LogP contribution < -0.4 is 4.74 Å². The van der Waals surface area contributed by atoms with Gasteiger partial charge in [-0.1, -0.05) is 45.4 Å². The average molecular weight is 248 g/mol. The fraction of sp³-hybridized carbons (Fsp3) is 0.625. The van der Waals surface area contributed by atoms with Crippen LogP contribution in [0.25, 0.3) is 0 Å². The van der Waals surface area contributed by atoms with Crippen LogP contribution in [0.15, 0.2) is 24.3 Å². The minimum Gasteiger partial charge on any atom is -0.487 e. The van der Waals surface area contributed by atoms with E-state index < -0.39 is 0 Å². The average Bonchev–Trinajstić information content (AvgIpc) is 2.70. The molecule has 0 saturated heterocycles. The second-order valence-electron chi connectivity index (χ2n) is 6.49. The molecule has 0 saturated carbocycles. The molecular formula is C16H24O2. The van der Waals surface area contributed by atoms with Gasteiger partial charge in [-0.2, -0.15) is 0 Å². The zero-order chi connectivity index (χ0) is 13.2. The van der Waals surface area contributed by atoms with Crippen LogP contribution in [0.3, 0.4) is 0 Å². The maximum absolute atomic E-state index is 10.2. The summed E-state index contributed by atoms with van der Waals surface area (Å²) < 4.78 is 5.80. The van der Waals surface area contributed by atoms with E-state index in [0.717, 1.165) is 31.4 Å². The van der Waals surface area contributed by atoms with E-state index in [4.69, 9.17) is 4.74 Å².